The fourth-order valence-corrected chi connectivity index (χ4v) is 2.92. The molecule has 0 saturated carbocycles. The van der Waals surface area contributed by atoms with Crippen LogP contribution in [0.2, 0.25) is 0 Å². The van der Waals surface area contributed by atoms with Gasteiger partial charge in [-0.15, -0.1) is 0 Å². The number of hydrogen-bond donors (Lipinski definition) is 2. The average molecular weight is 394 g/mol. The number of hydrogen-bond acceptors (Lipinski definition) is 4. The number of carbonyl (C=O) groups is 2. The van der Waals surface area contributed by atoms with Gasteiger partial charge in [0.2, 0.25) is 5.91 Å². The van der Waals surface area contributed by atoms with E-state index in [0.29, 0.717) is 16.9 Å². The number of furan rings is 1. The molecule has 2 aromatic carbocycles. The van der Waals surface area contributed by atoms with Crippen LogP contribution in [0.5, 0.6) is 5.75 Å². The van der Waals surface area contributed by atoms with E-state index >= 15 is 0 Å². The maximum Gasteiger partial charge on any atom is 0.287 e. The van der Waals surface area contributed by atoms with Crippen molar-refractivity contribution in [1.29, 1.82) is 0 Å². The molecule has 0 saturated heterocycles. The minimum atomic E-state index is -0.357. The SMILES string of the molecule is CCC(C)NC(=O)CCNC(=O)c1oc2ccccc2c1COc1ccccc1. The van der Waals surface area contributed by atoms with Gasteiger partial charge in [-0.25, -0.2) is 0 Å². The maximum atomic E-state index is 12.7. The molecule has 0 aliphatic carbocycles. The van der Waals surface area contributed by atoms with E-state index in [1.165, 1.54) is 0 Å². The number of fused-ring (bicyclic) bond motifs is 1. The molecule has 2 amide bonds. The zero-order valence-electron chi connectivity index (χ0n) is 16.7. The summed E-state index contributed by atoms with van der Waals surface area (Å²) in [6, 6.07) is 17.0. The molecule has 0 bridgehead atoms. The standard InChI is InChI=1S/C23H26N2O4/c1-3-16(2)25-21(26)13-14-24-23(27)22-19(15-28-17-9-5-4-6-10-17)18-11-7-8-12-20(18)29-22/h4-12,16H,3,13-15H2,1-2H3,(H,24,27)(H,25,26). The second-order valence-electron chi connectivity index (χ2n) is 6.89. The summed E-state index contributed by atoms with van der Waals surface area (Å²) >= 11 is 0. The Bertz CT molecular complexity index is 965. The van der Waals surface area contributed by atoms with Crippen molar-refractivity contribution in [3.8, 4) is 5.75 Å². The van der Waals surface area contributed by atoms with Crippen LogP contribution in [0.3, 0.4) is 0 Å². The van der Waals surface area contributed by atoms with E-state index < -0.39 is 0 Å². The molecule has 1 unspecified atom stereocenters. The molecule has 6 nitrogen and oxygen atoms in total. The van der Waals surface area contributed by atoms with Gasteiger partial charge < -0.3 is 19.8 Å². The molecule has 0 spiro atoms. The first-order valence-electron chi connectivity index (χ1n) is 9.84. The van der Waals surface area contributed by atoms with Gasteiger partial charge in [0.1, 0.15) is 17.9 Å². The summed E-state index contributed by atoms with van der Waals surface area (Å²) in [5.41, 5.74) is 1.31. The Morgan fingerprint density at radius 3 is 2.55 bits per heavy atom. The lowest BCUT2D eigenvalue weighted by molar-refractivity contribution is -0.121. The molecule has 1 atom stereocenters. The van der Waals surface area contributed by atoms with Crippen LogP contribution in [-0.4, -0.2) is 24.4 Å². The molecule has 152 valence electrons. The Labute approximate surface area is 170 Å². The van der Waals surface area contributed by atoms with Crippen molar-refractivity contribution in [3.05, 3.63) is 65.9 Å². The number of rotatable bonds is 9. The van der Waals surface area contributed by atoms with E-state index in [0.717, 1.165) is 11.8 Å². The smallest absolute Gasteiger partial charge is 0.287 e. The van der Waals surface area contributed by atoms with Gasteiger partial charge in [-0.1, -0.05) is 43.3 Å². The van der Waals surface area contributed by atoms with Gasteiger partial charge in [0.05, 0.1) is 0 Å². The highest BCUT2D eigenvalue weighted by Gasteiger charge is 2.21. The molecule has 1 aromatic heterocycles. The van der Waals surface area contributed by atoms with Crippen LogP contribution in [0.4, 0.5) is 0 Å². The average Bonchev–Trinajstić information content (AvgIpc) is 3.11. The Morgan fingerprint density at radius 2 is 1.79 bits per heavy atom. The molecule has 0 aliphatic rings. The lowest BCUT2D eigenvalue weighted by Gasteiger charge is -2.11. The third-order valence-electron chi connectivity index (χ3n) is 4.69. The first kappa shape index (κ1) is 20.5. The Morgan fingerprint density at radius 1 is 1.07 bits per heavy atom. The van der Waals surface area contributed by atoms with Crippen LogP contribution < -0.4 is 15.4 Å². The summed E-state index contributed by atoms with van der Waals surface area (Å²) in [6.07, 6.45) is 1.08. The molecule has 29 heavy (non-hydrogen) atoms. The van der Waals surface area contributed by atoms with Gasteiger partial charge in [0, 0.05) is 30.0 Å². The molecule has 0 fully saturated rings. The molecule has 3 rings (SSSR count). The topological polar surface area (TPSA) is 80.6 Å². The van der Waals surface area contributed by atoms with E-state index in [2.05, 4.69) is 10.6 Å². The fraction of sp³-hybridized carbons (Fsp3) is 0.304. The van der Waals surface area contributed by atoms with Crippen LogP contribution in [0, 0.1) is 0 Å². The Hall–Kier alpha value is -3.28. The predicted octanol–water partition coefficient (Wildman–Crippen LogP) is 4.05. The lowest BCUT2D eigenvalue weighted by atomic mass is 10.1. The van der Waals surface area contributed by atoms with E-state index in [1.807, 2.05) is 68.4 Å². The second-order valence-corrected chi connectivity index (χ2v) is 6.89. The largest absolute Gasteiger partial charge is 0.489 e. The highest BCUT2D eigenvalue weighted by Crippen LogP contribution is 2.27. The Balaban J connectivity index is 1.69. The summed E-state index contributed by atoms with van der Waals surface area (Å²) < 4.78 is 11.6. The molecule has 1 heterocycles. The van der Waals surface area contributed by atoms with Crippen LogP contribution in [0.25, 0.3) is 11.0 Å². The molecule has 2 N–H and O–H groups in total. The maximum absolute atomic E-state index is 12.7. The predicted molar refractivity (Wildman–Crippen MR) is 112 cm³/mol. The van der Waals surface area contributed by atoms with Crippen molar-refractivity contribution >= 4 is 22.8 Å². The van der Waals surface area contributed by atoms with Crippen molar-refractivity contribution in [1.82, 2.24) is 10.6 Å². The first-order chi connectivity index (χ1) is 14.1. The van der Waals surface area contributed by atoms with E-state index in [4.69, 9.17) is 9.15 Å². The van der Waals surface area contributed by atoms with Crippen molar-refractivity contribution < 1.29 is 18.7 Å². The minimum absolute atomic E-state index is 0.0862. The minimum Gasteiger partial charge on any atom is -0.489 e. The number of benzene rings is 2. The van der Waals surface area contributed by atoms with Gasteiger partial charge in [0.25, 0.3) is 5.91 Å². The van der Waals surface area contributed by atoms with Crippen LogP contribution in [0.1, 0.15) is 42.8 Å². The number of amides is 2. The second kappa shape index (κ2) is 9.78. The summed E-state index contributed by atoms with van der Waals surface area (Å²) in [5.74, 6) is 0.483. The lowest BCUT2D eigenvalue weighted by Crippen LogP contribution is -2.35. The van der Waals surface area contributed by atoms with Gasteiger partial charge in [-0.2, -0.15) is 0 Å². The van der Waals surface area contributed by atoms with Crippen molar-refractivity contribution in [2.45, 2.75) is 39.3 Å². The van der Waals surface area contributed by atoms with Gasteiger partial charge in [0.15, 0.2) is 5.76 Å². The summed E-state index contributed by atoms with van der Waals surface area (Å²) in [6.45, 7) is 4.40. The highest BCUT2D eigenvalue weighted by molar-refractivity contribution is 5.99. The summed E-state index contributed by atoms with van der Waals surface area (Å²) in [4.78, 5) is 24.6. The van der Waals surface area contributed by atoms with Gasteiger partial charge in [-0.3, -0.25) is 9.59 Å². The van der Waals surface area contributed by atoms with Crippen LogP contribution in [0.15, 0.2) is 59.0 Å². The van der Waals surface area contributed by atoms with Crippen LogP contribution in [-0.2, 0) is 11.4 Å². The molecule has 3 aromatic rings. The third-order valence-corrected chi connectivity index (χ3v) is 4.69. The zero-order chi connectivity index (χ0) is 20.6. The normalized spacial score (nSPS) is 11.8. The van der Waals surface area contributed by atoms with Crippen molar-refractivity contribution in [2.75, 3.05) is 6.54 Å². The van der Waals surface area contributed by atoms with Gasteiger partial charge >= 0.3 is 0 Å². The number of nitrogens with one attached hydrogen (secondary N) is 2. The monoisotopic (exact) mass is 394 g/mol. The van der Waals surface area contributed by atoms with E-state index in [1.54, 1.807) is 0 Å². The summed E-state index contributed by atoms with van der Waals surface area (Å²) in [5, 5.41) is 6.49. The first-order valence-corrected chi connectivity index (χ1v) is 9.84. The molecule has 0 aliphatic heterocycles. The fourth-order valence-electron chi connectivity index (χ4n) is 2.92. The highest BCUT2D eigenvalue weighted by atomic mass is 16.5. The molecular weight excluding hydrogens is 368 g/mol. The van der Waals surface area contributed by atoms with Crippen molar-refractivity contribution in [3.63, 3.8) is 0 Å². The van der Waals surface area contributed by atoms with Gasteiger partial charge in [-0.05, 0) is 31.5 Å². The van der Waals surface area contributed by atoms with E-state index in [-0.39, 0.29) is 43.2 Å². The molecule has 0 radical (unpaired) electrons. The van der Waals surface area contributed by atoms with Crippen LogP contribution >= 0.6 is 0 Å². The molecule has 6 heteroatoms. The van der Waals surface area contributed by atoms with E-state index in [9.17, 15) is 9.59 Å². The Kier molecular flexibility index (Phi) is 6.89. The quantitative estimate of drug-likeness (QED) is 0.574. The summed E-state index contributed by atoms with van der Waals surface area (Å²) in [7, 11) is 0. The zero-order valence-corrected chi connectivity index (χ0v) is 16.7. The molecular formula is C23H26N2O4. The number of ether oxygens (including phenoxy) is 1. The van der Waals surface area contributed by atoms with Crippen molar-refractivity contribution in [2.24, 2.45) is 0 Å². The number of para-hydroxylation sites is 2. The third kappa shape index (κ3) is 5.38. The number of carbonyl (C=O) groups excluding carboxylic acids is 2.